The molecule has 0 radical (unpaired) electrons. The van der Waals surface area contributed by atoms with Crippen LogP contribution in [0.3, 0.4) is 0 Å². The minimum atomic E-state index is 0. The maximum Gasteiger partial charge on any atom is 0.220 e. The zero-order valence-electron chi connectivity index (χ0n) is 15.8. The van der Waals surface area contributed by atoms with E-state index in [1.807, 2.05) is 29.6 Å². The maximum absolute atomic E-state index is 12.3. The molecule has 2 N–H and O–H groups in total. The molecule has 1 aromatic carbocycles. The zero-order chi connectivity index (χ0) is 18.1. The number of piperidine rings is 1. The number of halogens is 1. The molecular weight excluding hydrogens is 362 g/mol. The van der Waals surface area contributed by atoms with Crippen molar-refractivity contribution in [2.75, 3.05) is 13.1 Å². The summed E-state index contributed by atoms with van der Waals surface area (Å²) in [4.78, 5) is 17.1. The van der Waals surface area contributed by atoms with Crippen LogP contribution in [0.2, 0.25) is 0 Å². The molecule has 3 heterocycles. The van der Waals surface area contributed by atoms with Crippen molar-refractivity contribution in [1.82, 2.24) is 25.2 Å². The Labute approximate surface area is 165 Å². The minimum absolute atomic E-state index is 0. The molecule has 6 nitrogen and oxygen atoms in total. The van der Waals surface area contributed by atoms with Crippen LogP contribution in [0.1, 0.15) is 36.2 Å². The van der Waals surface area contributed by atoms with Gasteiger partial charge in [0.25, 0.3) is 0 Å². The molecule has 0 spiro atoms. The minimum Gasteiger partial charge on any atom is -0.352 e. The topological polar surface area (TPSA) is 71.3 Å². The molecule has 27 heavy (non-hydrogen) atoms. The summed E-state index contributed by atoms with van der Waals surface area (Å²) >= 11 is 0. The van der Waals surface area contributed by atoms with Gasteiger partial charge in [-0.1, -0.05) is 12.1 Å². The number of hydrogen-bond donors (Lipinski definition) is 2. The van der Waals surface area contributed by atoms with Crippen LogP contribution < -0.4 is 10.6 Å². The highest BCUT2D eigenvalue weighted by molar-refractivity contribution is 5.92. The van der Waals surface area contributed by atoms with E-state index in [0.29, 0.717) is 12.8 Å². The number of benzene rings is 1. The average molecular weight is 388 g/mol. The molecule has 4 rings (SSSR count). The third kappa shape index (κ3) is 3.92. The average Bonchev–Trinajstić information content (AvgIpc) is 3.01. The van der Waals surface area contributed by atoms with Crippen molar-refractivity contribution in [3.63, 3.8) is 0 Å². The number of aromatic nitrogens is 3. The zero-order valence-corrected chi connectivity index (χ0v) is 16.6. The van der Waals surface area contributed by atoms with Gasteiger partial charge in [0.1, 0.15) is 0 Å². The summed E-state index contributed by atoms with van der Waals surface area (Å²) in [6.07, 6.45) is 3.34. The number of amides is 1. The number of hydrogen-bond acceptors (Lipinski definition) is 4. The maximum atomic E-state index is 12.3. The van der Waals surface area contributed by atoms with Crippen LogP contribution in [0.25, 0.3) is 16.6 Å². The highest BCUT2D eigenvalue weighted by Gasteiger charge is 2.17. The van der Waals surface area contributed by atoms with Gasteiger partial charge in [-0.15, -0.1) is 12.4 Å². The van der Waals surface area contributed by atoms with Crippen molar-refractivity contribution in [1.29, 1.82) is 0 Å². The summed E-state index contributed by atoms with van der Waals surface area (Å²) in [6.45, 7) is 6.00. The first-order valence-corrected chi connectivity index (χ1v) is 9.37. The molecular formula is C20H26ClN5O. The van der Waals surface area contributed by atoms with Crippen molar-refractivity contribution in [2.45, 2.75) is 45.6 Å². The molecule has 144 valence electrons. The van der Waals surface area contributed by atoms with Crippen molar-refractivity contribution >= 4 is 34.9 Å². The molecule has 3 aromatic rings. The number of fused-ring (bicyclic) bond motifs is 3. The molecule has 1 amide bonds. The van der Waals surface area contributed by atoms with E-state index in [2.05, 4.69) is 28.7 Å². The molecule has 7 heteroatoms. The second-order valence-electron chi connectivity index (χ2n) is 7.12. The fourth-order valence-electron chi connectivity index (χ4n) is 3.85. The van der Waals surface area contributed by atoms with Gasteiger partial charge in [0.2, 0.25) is 5.91 Å². The predicted octanol–water partition coefficient (Wildman–Crippen LogP) is 2.72. The van der Waals surface area contributed by atoms with Crippen molar-refractivity contribution in [2.24, 2.45) is 0 Å². The highest BCUT2D eigenvalue weighted by atomic mass is 35.5. The van der Waals surface area contributed by atoms with E-state index in [1.54, 1.807) is 0 Å². The molecule has 2 aromatic heterocycles. The van der Waals surface area contributed by atoms with Crippen LogP contribution >= 0.6 is 12.4 Å². The SMILES string of the molecule is Cc1nc2c3ccccc3nn2c(C)c1CCC(=O)NC1CCCNC1.Cl. The summed E-state index contributed by atoms with van der Waals surface area (Å²) < 4.78 is 1.91. The van der Waals surface area contributed by atoms with Gasteiger partial charge in [-0.25, -0.2) is 9.50 Å². The van der Waals surface area contributed by atoms with Crippen LogP contribution in [-0.2, 0) is 11.2 Å². The Bertz CT molecular complexity index is 962. The van der Waals surface area contributed by atoms with Gasteiger partial charge in [-0.3, -0.25) is 4.79 Å². The second kappa shape index (κ2) is 8.23. The highest BCUT2D eigenvalue weighted by Crippen LogP contribution is 2.22. The Balaban J connectivity index is 0.00000210. The Hall–Kier alpha value is -2.18. The van der Waals surface area contributed by atoms with Crippen LogP contribution in [0.5, 0.6) is 0 Å². The number of nitrogens with one attached hydrogen (secondary N) is 2. The van der Waals surface area contributed by atoms with Crippen molar-refractivity contribution < 1.29 is 4.79 Å². The number of rotatable bonds is 4. The number of carbonyl (C=O) groups is 1. The van der Waals surface area contributed by atoms with Crippen LogP contribution in [0, 0.1) is 13.8 Å². The van der Waals surface area contributed by atoms with Gasteiger partial charge < -0.3 is 10.6 Å². The third-order valence-electron chi connectivity index (χ3n) is 5.28. The first-order chi connectivity index (χ1) is 12.6. The molecule has 1 unspecified atom stereocenters. The summed E-state index contributed by atoms with van der Waals surface area (Å²) in [5.41, 5.74) is 4.99. The summed E-state index contributed by atoms with van der Waals surface area (Å²) in [6, 6.07) is 8.31. The number of aryl methyl sites for hydroxylation is 2. The Morgan fingerprint density at radius 3 is 2.93 bits per heavy atom. The first-order valence-electron chi connectivity index (χ1n) is 9.37. The molecule has 0 aliphatic carbocycles. The van der Waals surface area contributed by atoms with E-state index >= 15 is 0 Å². The lowest BCUT2D eigenvalue weighted by molar-refractivity contribution is -0.121. The predicted molar refractivity (Wildman–Crippen MR) is 110 cm³/mol. The van der Waals surface area contributed by atoms with Gasteiger partial charge in [0, 0.05) is 35.8 Å². The fraction of sp³-hybridized carbons (Fsp3) is 0.450. The fourth-order valence-corrected chi connectivity index (χ4v) is 3.85. The van der Waals surface area contributed by atoms with Gasteiger partial charge in [-0.2, -0.15) is 5.10 Å². The lowest BCUT2D eigenvalue weighted by Gasteiger charge is -2.23. The van der Waals surface area contributed by atoms with Crippen molar-refractivity contribution in [3.8, 4) is 0 Å². The normalized spacial score (nSPS) is 17.0. The number of carbonyl (C=O) groups excluding carboxylic acids is 1. The van der Waals surface area contributed by atoms with E-state index in [-0.39, 0.29) is 24.4 Å². The van der Waals surface area contributed by atoms with Gasteiger partial charge >= 0.3 is 0 Å². The molecule has 1 atom stereocenters. The first kappa shape index (κ1) is 19.6. The van der Waals surface area contributed by atoms with E-state index in [9.17, 15) is 4.79 Å². The van der Waals surface area contributed by atoms with Gasteiger partial charge in [0.05, 0.1) is 5.52 Å². The van der Waals surface area contributed by atoms with Gasteiger partial charge in [-0.05, 0) is 57.4 Å². The summed E-state index contributed by atoms with van der Waals surface area (Å²) in [7, 11) is 0. The standard InChI is InChI=1S/C20H25N5O.ClH/c1-13-16(9-10-19(26)23-15-6-5-11-21-12-15)14(2)25-20(22-13)17-7-3-4-8-18(17)24-25;/h3-4,7-8,15,21H,5-6,9-12H2,1-2H3,(H,23,26);1H. The smallest absolute Gasteiger partial charge is 0.220 e. The molecule has 0 bridgehead atoms. The van der Waals surface area contributed by atoms with E-state index in [4.69, 9.17) is 4.98 Å². The van der Waals surface area contributed by atoms with Gasteiger partial charge in [0.15, 0.2) is 5.65 Å². The summed E-state index contributed by atoms with van der Waals surface area (Å²) in [5.74, 6) is 0.114. The monoisotopic (exact) mass is 387 g/mol. The summed E-state index contributed by atoms with van der Waals surface area (Å²) in [5, 5.41) is 12.2. The van der Waals surface area contributed by atoms with E-state index in [1.165, 1.54) is 0 Å². The molecule has 1 aliphatic heterocycles. The van der Waals surface area contributed by atoms with Crippen LogP contribution in [0.15, 0.2) is 24.3 Å². The Morgan fingerprint density at radius 1 is 1.33 bits per heavy atom. The quantitative estimate of drug-likeness (QED) is 0.722. The van der Waals surface area contributed by atoms with E-state index < -0.39 is 0 Å². The largest absolute Gasteiger partial charge is 0.352 e. The van der Waals surface area contributed by atoms with Crippen molar-refractivity contribution in [3.05, 3.63) is 41.2 Å². The third-order valence-corrected chi connectivity index (χ3v) is 5.28. The molecule has 1 aliphatic rings. The van der Waals surface area contributed by atoms with Crippen LogP contribution in [0.4, 0.5) is 0 Å². The lowest BCUT2D eigenvalue weighted by atomic mass is 10.0. The molecule has 1 fully saturated rings. The van der Waals surface area contributed by atoms with E-state index in [0.717, 1.165) is 59.4 Å². The molecule has 1 saturated heterocycles. The molecule has 0 saturated carbocycles. The van der Waals surface area contributed by atoms with Crippen LogP contribution in [-0.4, -0.2) is 39.6 Å². The Morgan fingerprint density at radius 2 is 2.15 bits per heavy atom. The lowest BCUT2D eigenvalue weighted by Crippen LogP contribution is -2.45. The Kier molecular flexibility index (Phi) is 5.97. The second-order valence-corrected chi connectivity index (χ2v) is 7.12. The number of nitrogens with zero attached hydrogens (tertiary/aromatic N) is 3.